The maximum absolute atomic E-state index is 2.44. The average molecular weight is 209 g/mol. The van der Waals surface area contributed by atoms with E-state index in [9.17, 15) is 0 Å². The third-order valence-electron chi connectivity index (χ3n) is 1.92. The predicted octanol–water partition coefficient (Wildman–Crippen LogP) is 3.82. The number of rotatable bonds is 6. The average Bonchev–Trinajstić information content (AvgIpc) is 2.20. The van der Waals surface area contributed by atoms with E-state index >= 15 is 0 Å². The van der Waals surface area contributed by atoms with Crippen LogP contribution in [-0.2, 0) is 0 Å². The van der Waals surface area contributed by atoms with Crippen LogP contribution in [0.2, 0.25) is 0 Å². The van der Waals surface area contributed by atoms with Crippen molar-refractivity contribution < 1.29 is 0 Å². The first-order valence-electron chi connectivity index (χ1n) is 5.34. The zero-order valence-corrected chi connectivity index (χ0v) is 9.89. The number of hydrogen-bond donors (Lipinski definition) is 0. The zero-order chi connectivity index (χ0) is 10.2. The zero-order valence-electron chi connectivity index (χ0n) is 9.07. The Kier molecular flexibility index (Phi) is 5.72. The van der Waals surface area contributed by atoms with Gasteiger partial charge in [0.2, 0.25) is 0 Å². The summed E-state index contributed by atoms with van der Waals surface area (Å²) in [6, 6.07) is 10.6. The molecule has 1 aromatic rings. The Hall–Kier alpha value is -0.470. The van der Waals surface area contributed by atoms with Crippen molar-refractivity contribution >= 4 is 11.9 Å². The van der Waals surface area contributed by atoms with Crippen LogP contribution in [0.3, 0.4) is 0 Å². The molecule has 0 fully saturated rings. The fraction of sp³-hybridized carbons (Fsp3) is 0.500. The second-order valence-corrected chi connectivity index (χ2v) is 4.50. The van der Waals surface area contributed by atoms with Gasteiger partial charge in [-0.25, -0.2) is 4.31 Å². The summed E-state index contributed by atoms with van der Waals surface area (Å²) in [6.07, 6.45) is 2.44. The van der Waals surface area contributed by atoms with E-state index < -0.39 is 0 Å². The van der Waals surface area contributed by atoms with Gasteiger partial charge < -0.3 is 0 Å². The summed E-state index contributed by atoms with van der Waals surface area (Å²) in [6.45, 7) is 6.81. The first-order chi connectivity index (χ1) is 6.86. The molecule has 1 rings (SSSR count). The van der Waals surface area contributed by atoms with Gasteiger partial charge >= 0.3 is 0 Å². The molecule has 0 aliphatic heterocycles. The molecule has 0 radical (unpaired) electrons. The van der Waals surface area contributed by atoms with Gasteiger partial charge in [0.25, 0.3) is 0 Å². The minimum Gasteiger partial charge on any atom is -0.246 e. The van der Waals surface area contributed by atoms with Gasteiger partial charge in [-0.05, 0) is 36.9 Å². The van der Waals surface area contributed by atoms with Crippen molar-refractivity contribution in [2.75, 3.05) is 13.1 Å². The fourth-order valence-electron chi connectivity index (χ4n) is 1.33. The standard InChI is InChI=1S/C12H19NS/c1-3-10-13(11-4-2)14-12-8-6-5-7-9-12/h5-9H,3-4,10-11H2,1-2H3. The largest absolute Gasteiger partial charge is 0.246 e. The number of nitrogens with zero attached hydrogens (tertiary/aromatic N) is 1. The van der Waals surface area contributed by atoms with Crippen molar-refractivity contribution in [3.8, 4) is 0 Å². The first kappa shape index (κ1) is 11.6. The lowest BCUT2D eigenvalue weighted by atomic mass is 10.4. The molecule has 0 aliphatic carbocycles. The van der Waals surface area contributed by atoms with Crippen molar-refractivity contribution in [1.82, 2.24) is 4.31 Å². The van der Waals surface area contributed by atoms with Crippen LogP contribution in [0.5, 0.6) is 0 Å². The molecule has 14 heavy (non-hydrogen) atoms. The monoisotopic (exact) mass is 209 g/mol. The van der Waals surface area contributed by atoms with Gasteiger partial charge in [0.1, 0.15) is 0 Å². The van der Waals surface area contributed by atoms with Crippen LogP contribution >= 0.6 is 11.9 Å². The number of benzene rings is 1. The van der Waals surface area contributed by atoms with Crippen molar-refractivity contribution in [2.24, 2.45) is 0 Å². The van der Waals surface area contributed by atoms with Gasteiger partial charge in [0.05, 0.1) is 0 Å². The highest BCUT2D eigenvalue weighted by Crippen LogP contribution is 2.22. The summed E-state index contributed by atoms with van der Waals surface area (Å²) >= 11 is 1.87. The van der Waals surface area contributed by atoms with E-state index in [0.29, 0.717) is 0 Å². The fourth-order valence-corrected chi connectivity index (χ4v) is 2.46. The summed E-state index contributed by atoms with van der Waals surface area (Å²) in [5.74, 6) is 0. The van der Waals surface area contributed by atoms with Gasteiger partial charge in [-0.3, -0.25) is 0 Å². The lowest BCUT2D eigenvalue weighted by molar-refractivity contribution is 0.467. The van der Waals surface area contributed by atoms with E-state index in [1.54, 1.807) is 0 Å². The Balaban J connectivity index is 2.46. The quantitative estimate of drug-likeness (QED) is 0.655. The molecule has 1 nitrogen and oxygen atoms in total. The lowest BCUT2D eigenvalue weighted by Crippen LogP contribution is -2.17. The Labute approximate surface area is 91.6 Å². The highest BCUT2D eigenvalue weighted by atomic mass is 32.2. The van der Waals surface area contributed by atoms with Gasteiger partial charge in [0.15, 0.2) is 0 Å². The highest BCUT2D eigenvalue weighted by molar-refractivity contribution is 7.97. The molecule has 0 atom stereocenters. The Morgan fingerprint density at radius 1 is 1.00 bits per heavy atom. The molecule has 0 bridgehead atoms. The number of hydrogen-bond acceptors (Lipinski definition) is 2. The second kappa shape index (κ2) is 6.91. The maximum atomic E-state index is 2.44. The van der Waals surface area contributed by atoms with E-state index in [1.807, 2.05) is 11.9 Å². The normalized spacial score (nSPS) is 10.8. The minimum atomic E-state index is 1.17. The van der Waals surface area contributed by atoms with Crippen LogP contribution in [0.15, 0.2) is 35.2 Å². The molecule has 0 heterocycles. The molecule has 0 unspecified atom stereocenters. The van der Waals surface area contributed by atoms with E-state index in [0.717, 1.165) is 0 Å². The second-order valence-electron chi connectivity index (χ2n) is 3.33. The van der Waals surface area contributed by atoms with Gasteiger partial charge in [-0.1, -0.05) is 32.0 Å². The molecule has 0 spiro atoms. The van der Waals surface area contributed by atoms with Crippen LogP contribution in [0.1, 0.15) is 26.7 Å². The summed E-state index contributed by atoms with van der Waals surface area (Å²) in [5.41, 5.74) is 0. The minimum absolute atomic E-state index is 1.17. The van der Waals surface area contributed by atoms with Gasteiger partial charge in [-0.2, -0.15) is 0 Å². The van der Waals surface area contributed by atoms with Crippen molar-refractivity contribution in [3.63, 3.8) is 0 Å². The van der Waals surface area contributed by atoms with Crippen LogP contribution in [0.4, 0.5) is 0 Å². The third kappa shape index (κ3) is 4.16. The Morgan fingerprint density at radius 2 is 1.57 bits per heavy atom. The van der Waals surface area contributed by atoms with Crippen molar-refractivity contribution in [2.45, 2.75) is 31.6 Å². The predicted molar refractivity (Wildman–Crippen MR) is 64.5 cm³/mol. The first-order valence-corrected chi connectivity index (χ1v) is 6.12. The Morgan fingerprint density at radius 3 is 2.07 bits per heavy atom. The molecular formula is C12H19NS. The summed E-state index contributed by atoms with van der Waals surface area (Å²) in [7, 11) is 0. The third-order valence-corrected chi connectivity index (χ3v) is 3.03. The van der Waals surface area contributed by atoms with Crippen LogP contribution < -0.4 is 0 Å². The molecule has 0 saturated carbocycles. The summed E-state index contributed by atoms with van der Waals surface area (Å²) in [5, 5.41) is 0. The Bertz CT molecular complexity index is 229. The summed E-state index contributed by atoms with van der Waals surface area (Å²) < 4.78 is 2.44. The molecule has 1 aromatic carbocycles. The lowest BCUT2D eigenvalue weighted by Gasteiger charge is -2.19. The highest BCUT2D eigenvalue weighted by Gasteiger charge is 2.03. The molecular weight excluding hydrogens is 190 g/mol. The van der Waals surface area contributed by atoms with Crippen LogP contribution in [0, 0.1) is 0 Å². The van der Waals surface area contributed by atoms with E-state index in [-0.39, 0.29) is 0 Å². The van der Waals surface area contributed by atoms with Crippen molar-refractivity contribution in [1.29, 1.82) is 0 Å². The molecule has 0 N–H and O–H groups in total. The molecule has 2 heteroatoms. The molecule has 0 amide bonds. The molecule has 0 saturated heterocycles. The van der Waals surface area contributed by atoms with E-state index in [1.165, 1.54) is 30.8 Å². The SMILES string of the molecule is CCCN(CCC)Sc1ccccc1. The maximum Gasteiger partial charge on any atom is 0.0230 e. The van der Waals surface area contributed by atoms with Gasteiger partial charge in [0, 0.05) is 18.0 Å². The van der Waals surface area contributed by atoms with Crippen molar-refractivity contribution in [3.05, 3.63) is 30.3 Å². The smallest absolute Gasteiger partial charge is 0.0230 e. The molecule has 78 valence electrons. The topological polar surface area (TPSA) is 3.24 Å². The van der Waals surface area contributed by atoms with E-state index in [2.05, 4.69) is 48.5 Å². The van der Waals surface area contributed by atoms with E-state index in [4.69, 9.17) is 0 Å². The van der Waals surface area contributed by atoms with Gasteiger partial charge in [-0.15, -0.1) is 0 Å². The molecule has 0 aliphatic rings. The molecule has 0 aromatic heterocycles. The van der Waals surface area contributed by atoms with Crippen LogP contribution in [0.25, 0.3) is 0 Å². The summed E-state index contributed by atoms with van der Waals surface area (Å²) in [4.78, 5) is 1.34. The van der Waals surface area contributed by atoms with Crippen LogP contribution in [-0.4, -0.2) is 17.4 Å².